The molecule has 5 nitrogen and oxygen atoms in total. The molecule has 94 valence electrons. The van der Waals surface area contributed by atoms with Gasteiger partial charge in [-0.1, -0.05) is 0 Å². The molecule has 0 spiro atoms. The highest BCUT2D eigenvalue weighted by Gasteiger charge is 2.11. The number of aromatic carboxylic acids is 1. The SMILES string of the molecule is Cc1ncc(Cn2cc(C(=O)O)c(=O)cc2C)s1. The van der Waals surface area contributed by atoms with Crippen molar-refractivity contribution < 1.29 is 9.90 Å². The second-order valence-electron chi connectivity index (χ2n) is 3.97. The number of hydrogen-bond donors (Lipinski definition) is 1. The van der Waals surface area contributed by atoms with Crippen LogP contribution in [0, 0.1) is 13.8 Å². The summed E-state index contributed by atoms with van der Waals surface area (Å²) in [5.41, 5.74) is 0.0645. The van der Waals surface area contributed by atoms with Crippen LogP contribution < -0.4 is 5.43 Å². The zero-order chi connectivity index (χ0) is 13.3. The van der Waals surface area contributed by atoms with E-state index in [1.807, 2.05) is 6.92 Å². The van der Waals surface area contributed by atoms with Crippen LogP contribution in [0.1, 0.15) is 25.9 Å². The predicted octanol–water partition coefficient (Wildman–Crippen LogP) is 1.67. The van der Waals surface area contributed by atoms with Gasteiger partial charge in [0.25, 0.3) is 0 Å². The van der Waals surface area contributed by atoms with E-state index in [-0.39, 0.29) is 5.56 Å². The Kier molecular flexibility index (Phi) is 3.29. The first-order valence-corrected chi connectivity index (χ1v) is 6.14. The standard InChI is InChI=1S/C12H12N2O3S/c1-7-3-11(15)10(12(16)17)6-14(7)5-9-4-13-8(2)18-9/h3-4,6H,5H2,1-2H3,(H,16,17). The van der Waals surface area contributed by atoms with Crippen LogP contribution in [0.4, 0.5) is 0 Å². The Balaban J connectivity index is 2.41. The lowest BCUT2D eigenvalue weighted by atomic mass is 10.2. The van der Waals surface area contributed by atoms with E-state index in [2.05, 4.69) is 4.98 Å². The Labute approximate surface area is 107 Å². The molecule has 0 saturated heterocycles. The molecule has 2 rings (SSSR count). The molecule has 0 aliphatic rings. The Bertz CT molecular complexity index is 658. The van der Waals surface area contributed by atoms with E-state index >= 15 is 0 Å². The average molecular weight is 264 g/mol. The number of carbonyl (C=O) groups is 1. The first kappa shape index (κ1) is 12.5. The third kappa shape index (κ3) is 2.48. The number of hydrogen-bond acceptors (Lipinski definition) is 4. The summed E-state index contributed by atoms with van der Waals surface area (Å²) in [6.07, 6.45) is 3.15. The maximum atomic E-state index is 11.5. The number of thiazole rings is 1. The molecule has 2 aromatic heterocycles. The highest BCUT2D eigenvalue weighted by molar-refractivity contribution is 7.11. The molecule has 0 atom stereocenters. The molecule has 1 N–H and O–H groups in total. The summed E-state index contributed by atoms with van der Waals surface area (Å²) < 4.78 is 1.75. The van der Waals surface area contributed by atoms with Gasteiger partial charge in [-0.05, 0) is 13.8 Å². The smallest absolute Gasteiger partial charge is 0.341 e. The fraction of sp³-hybridized carbons (Fsp3) is 0.250. The number of carboxylic acids is 1. The van der Waals surface area contributed by atoms with Crippen molar-refractivity contribution in [3.8, 4) is 0 Å². The molecule has 0 aromatic carbocycles. The summed E-state index contributed by atoms with van der Waals surface area (Å²) in [6, 6.07) is 1.34. The van der Waals surface area contributed by atoms with Crippen LogP contribution in [0.15, 0.2) is 23.3 Å². The summed E-state index contributed by atoms with van der Waals surface area (Å²) in [6.45, 7) is 4.22. The number of pyridine rings is 1. The van der Waals surface area contributed by atoms with Crippen molar-refractivity contribution in [2.75, 3.05) is 0 Å². The minimum Gasteiger partial charge on any atom is -0.477 e. The molecule has 2 heterocycles. The molecule has 0 fully saturated rings. The van der Waals surface area contributed by atoms with Crippen molar-refractivity contribution in [3.63, 3.8) is 0 Å². The predicted molar refractivity (Wildman–Crippen MR) is 68.4 cm³/mol. The summed E-state index contributed by atoms with van der Waals surface area (Å²) in [7, 11) is 0. The number of aromatic nitrogens is 2. The van der Waals surface area contributed by atoms with E-state index in [9.17, 15) is 9.59 Å². The first-order valence-electron chi connectivity index (χ1n) is 5.33. The summed E-state index contributed by atoms with van der Waals surface area (Å²) in [5, 5.41) is 9.89. The molecule has 18 heavy (non-hydrogen) atoms. The van der Waals surface area contributed by atoms with Crippen LogP contribution in [0.25, 0.3) is 0 Å². The van der Waals surface area contributed by atoms with E-state index in [0.29, 0.717) is 6.54 Å². The van der Waals surface area contributed by atoms with Gasteiger partial charge in [0.05, 0.1) is 11.6 Å². The lowest BCUT2D eigenvalue weighted by Gasteiger charge is -2.09. The quantitative estimate of drug-likeness (QED) is 0.915. The molecule has 2 aromatic rings. The van der Waals surface area contributed by atoms with Crippen LogP contribution >= 0.6 is 11.3 Å². The third-order valence-electron chi connectivity index (χ3n) is 2.57. The van der Waals surface area contributed by atoms with Gasteiger partial charge in [0.15, 0.2) is 5.43 Å². The summed E-state index contributed by atoms with van der Waals surface area (Å²) >= 11 is 1.55. The van der Waals surface area contributed by atoms with Crippen LogP contribution in [0.2, 0.25) is 0 Å². The first-order chi connectivity index (χ1) is 8.47. The van der Waals surface area contributed by atoms with Crippen LogP contribution in [-0.2, 0) is 6.54 Å². The van der Waals surface area contributed by atoms with Gasteiger partial charge in [-0.15, -0.1) is 11.3 Å². The second-order valence-corrected chi connectivity index (χ2v) is 5.29. The van der Waals surface area contributed by atoms with Gasteiger partial charge in [-0.3, -0.25) is 4.79 Å². The second kappa shape index (κ2) is 4.73. The van der Waals surface area contributed by atoms with Crippen molar-refractivity contribution in [1.29, 1.82) is 0 Å². The Morgan fingerprint density at radius 3 is 2.78 bits per heavy atom. The van der Waals surface area contributed by atoms with Crippen LogP contribution in [-0.4, -0.2) is 20.6 Å². The van der Waals surface area contributed by atoms with Crippen molar-refractivity contribution in [2.24, 2.45) is 0 Å². The van der Waals surface area contributed by atoms with E-state index < -0.39 is 11.4 Å². The summed E-state index contributed by atoms with van der Waals surface area (Å²) in [5.74, 6) is -1.20. The molecule has 6 heteroatoms. The molecule has 0 saturated carbocycles. The maximum absolute atomic E-state index is 11.5. The number of rotatable bonds is 3. The molecule has 0 aliphatic carbocycles. The van der Waals surface area contributed by atoms with Crippen LogP contribution in [0.3, 0.4) is 0 Å². The lowest BCUT2D eigenvalue weighted by molar-refractivity contribution is 0.0694. The van der Waals surface area contributed by atoms with Gasteiger partial charge in [0.1, 0.15) is 5.56 Å². The fourth-order valence-electron chi connectivity index (χ4n) is 1.65. The van der Waals surface area contributed by atoms with Gasteiger partial charge < -0.3 is 9.67 Å². The third-order valence-corrected chi connectivity index (χ3v) is 3.47. The number of aryl methyl sites for hydroxylation is 2. The van der Waals surface area contributed by atoms with Gasteiger partial charge in [0, 0.05) is 29.0 Å². The molecular weight excluding hydrogens is 252 g/mol. The Morgan fingerprint density at radius 2 is 2.22 bits per heavy atom. The molecule has 0 aliphatic heterocycles. The van der Waals surface area contributed by atoms with E-state index in [1.54, 1.807) is 29.0 Å². The topological polar surface area (TPSA) is 72.2 Å². The average Bonchev–Trinajstić information content (AvgIpc) is 2.67. The van der Waals surface area contributed by atoms with Crippen molar-refractivity contribution >= 4 is 17.3 Å². The van der Waals surface area contributed by atoms with Crippen LogP contribution in [0.5, 0.6) is 0 Å². The van der Waals surface area contributed by atoms with E-state index in [1.165, 1.54) is 12.3 Å². The Hall–Kier alpha value is -1.95. The van der Waals surface area contributed by atoms with Gasteiger partial charge in [-0.2, -0.15) is 0 Å². The van der Waals surface area contributed by atoms with Gasteiger partial charge >= 0.3 is 5.97 Å². The summed E-state index contributed by atoms with van der Waals surface area (Å²) in [4.78, 5) is 27.6. The van der Waals surface area contributed by atoms with Crippen molar-refractivity contribution in [2.45, 2.75) is 20.4 Å². The maximum Gasteiger partial charge on any atom is 0.341 e. The molecule has 0 unspecified atom stereocenters. The van der Waals surface area contributed by atoms with Gasteiger partial charge in [-0.25, -0.2) is 9.78 Å². The number of carboxylic acid groups (broad SMARTS) is 1. The fourth-order valence-corrected chi connectivity index (χ4v) is 2.44. The minimum atomic E-state index is -1.20. The highest BCUT2D eigenvalue weighted by atomic mass is 32.1. The normalized spacial score (nSPS) is 10.6. The zero-order valence-corrected chi connectivity index (χ0v) is 10.8. The highest BCUT2D eigenvalue weighted by Crippen LogP contribution is 2.14. The largest absolute Gasteiger partial charge is 0.477 e. The van der Waals surface area contributed by atoms with E-state index in [4.69, 9.17) is 5.11 Å². The van der Waals surface area contributed by atoms with E-state index in [0.717, 1.165) is 15.6 Å². The molecule has 0 bridgehead atoms. The molecule has 0 radical (unpaired) electrons. The minimum absolute atomic E-state index is 0.207. The monoisotopic (exact) mass is 264 g/mol. The zero-order valence-electron chi connectivity index (χ0n) is 10.0. The lowest BCUT2D eigenvalue weighted by Crippen LogP contribution is -2.19. The van der Waals surface area contributed by atoms with Crippen molar-refractivity contribution in [3.05, 3.63) is 49.8 Å². The Morgan fingerprint density at radius 1 is 1.50 bits per heavy atom. The van der Waals surface area contributed by atoms with Crippen molar-refractivity contribution in [1.82, 2.24) is 9.55 Å². The molecule has 0 amide bonds. The molecular formula is C12H12N2O3S. The number of nitrogens with zero attached hydrogens (tertiary/aromatic N) is 2. The van der Waals surface area contributed by atoms with Gasteiger partial charge in [0.2, 0.25) is 0 Å².